The van der Waals surface area contributed by atoms with Crippen molar-refractivity contribution >= 4 is 17.2 Å². The molecule has 0 aromatic heterocycles. The van der Waals surface area contributed by atoms with Gasteiger partial charge >= 0.3 is 0 Å². The molecule has 2 aromatic rings. The van der Waals surface area contributed by atoms with Gasteiger partial charge in [-0.1, -0.05) is 12.1 Å². The lowest BCUT2D eigenvalue weighted by molar-refractivity contribution is 0.0587. The lowest BCUT2D eigenvalue weighted by Gasteiger charge is -2.13. The van der Waals surface area contributed by atoms with Gasteiger partial charge in [0.2, 0.25) is 0 Å². The fourth-order valence-electron chi connectivity index (χ4n) is 2.86. The number of aliphatic hydroxyl groups is 2. The van der Waals surface area contributed by atoms with E-state index >= 15 is 0 Å². The topological polar surface area (TPSA) is 110 Å². The molecule has 1 unspecified atom stereocenters. The van der Waals surface area contributed by atoms with Gasteiger partial charge in [-0.15, -0.1) is 0 Å². The van der Waals surface area contributed by atoms with Gasteiger partial charge in [0.15, 0.2) is 5.78 Å². The highest BCUT2D eigenvalue weighted by Gasteiger charge is 2.28. The molecule has 0 bridgehead atoms. The van der Waals surface area contributed by atoms with Crippen LogP contribution in [0.15, 0.2) is 30.3 Å². The number of anilines is 2. The van der Waals surface area contributed by atoms with Crippen LogP contribution in [0.4, 0.5) is 11.4 Å². The first-order valence-corrected chi connectivity index (χ1v) is 6.66. The van der Waals surface area contributed by atoms with Gasteiger partial charge in [-0.3, -0.25) is 4.79 Å². The van der Waals surface area contributed by atoms with Crippen LogP contribution >= 0.6 is 0 Å². The van der Waals surface area contributed by atoms with E-state index in [0.717, 1.165) is 22.3 Å². The van der Waals surface area contributed by atoms with Crippen molar-refractivity contribution in [2.45, 2.75) is 12.5 Å². The number of rotatable bonds is 3. The first-order valence-electron chi connectivity index (χ1n) is 6.66. The Bertz CT molecular complexity index is 741. The fourth-order valence-corrected chi connectivity index (χ4v) is 2.86. The predicted octanol–water partition coefficient (Wildman–Crippen LogP) is 0.958. The molecule has 0 amide bonds. The average Bonchev–Trinajstić information content (AvgIpc) is 2.82. The summed E-state index contributed by atoms with van der Waals surface area (Å²) >= 11 is 0. The molecule has 0 radical (unpaired) electrons. The third kappa shape index (κ3) is 2.07. The second-order valence-electron chi connectivity index (χ2n) is 5.21. The van der Waals surface area contributed by atoms with E-state index in [0.29, 0.717) is 23.4 Å². The molecule has 0 saturated carbocycles. The van der Waals surface area contributed by atoms with Gasteiger partial charge in [0.05, 0.1) is 6.61 Å². The van der Waals surface area contributed by atoms with Crippen LogP contribution in [-0.2, 0) is 6.42 Å². The van der Waals surface area contributed by atoms with Gasteiger partial charge in [-0.05, 0) is 46.9 Å². The van der Waals surface area contributed by atoms with Crippen LogP contribution in [0.25, 0.3) is 11.1 Å². The van der Waals surface area contributed by atoms with Gasteiger partial charge in [0.1, 0.15) is 6.10 Å². The third-order valence-corrected chi connectivity index (χ3v) is 3.85. The molecule has 1 atom stereocenters. The second-order valence-corrected chi connectivity index (χ2v) is 5.21. The van der Waals surface area contributed by atoms with E-state index in [4.69, 9.17) is 16.6 Å². The number of hydrogen-bond donors (Lipinski definition) is 4. The summed E-state index contributed by atoms with van der Waals surface area (Å²) in [6.07, 6.45) is -0.910. The Hall–Kier alpha value is -2.37. The van der Waals surface area contributed by atoms with Crippen LogP contribution in [0.3, 0.4) is 0 Å². The Balaban J connectivity index is 2.17. The molecule has 0 fully saturated rings. The quantitative estimate of drug-likeness (QED) is 0.423. The monoisotopic (exact) mass is 284 g/mol. The minimum atomic E-state index is -1.45. The molecule has 2 aromatic carbocycles. The largest absolute Gasteiger partial charge is 0.399 e. The SMILES string of the molecule is Nc1ccc2c(c1)Cc1c-2ccc(N)c1C(=O)C(O)CO. The summed E-state index contributed by atoms with van der Waals surface area (Å²) in [7, 11) is 0. The summed E-state index contributed by atoms with van der Waals surface area (Å²) in [6, 6.07) is 9.14. The zero-order chi connectivity index (χ0) is 15.1. The van der Waals surface area contributed by atoms with E-state index < -0.39 is 18.5 Å². The molecular weight excluding hydrogens is 268 g/mol. The van der Waals surface area contributed by atoms with E-state index in [1.807, 2.05) is 24.3 Å². The van der Waals surface area contributed by atoms with Crippen molar-refractivity contribution in [1.29, 1.82) is 0 Å². The van der Waals surface area contributed by atoms with Crippen LogP contribution in [-0.4, -0.2) is 28.7 Å². The molecule has 21 heavy (non-hydrogen) atoms. The van der Waals surface area contributed by atoms with Crippen molar-refractivity contribution in [2.75, 3.05) is 18.1 Å². The molecule has 1 aliphatic carbocycles. The summed E-state index contributed by atoms with van der Waals surface area (Å²) in [4.78, 5) is 12.3. The van der Waals surface area contributed by atoms with Crippen molar-refractivity contribution < 1.29 is 15.0 Å². The highest BCUT2D eigenvalue weighted by atomic mass is 16.3. The van der Waals surface area contributed by atoms with Gasteiger partial charge in [-0.2, -0.15) is 0 Å². The number of aliphatic hydroxyl groups excluding tert-OH is 2. The van der Waals surface area contributed by atoms with E-state index in [2.05, 4.69) is 0 Å². The Kier molecular flexibility index (Phi) is 3.16. The highest BCUT2D eigenvalue weighted by molar-refractivity contribution is 6.07. The number of fused-ring (bicyclic) bond motifs is 3. The molecule has 6 N–H and O–H groups in total. The number of Topliss-reactive ketones (excluding diaryl/α,β-unsaturated/α-hetero) is 1. The predicted molar refractivity (Wildman–Crippen MR) is 80.9 cm³/mol. The standard InChI is InChI=1S/C16H16N2O3/c17-9-1-2-10-8(5-9)6-12-11(10)3-4-13(18)15(12)16(21)14(20)7-19/h1-5,14,19-20H,6-7,17-18H2. The Labute approximate surface area is 121 Å². The van der Waals surface area contributed by atoms with E-state index in [-0.39, 0.29) is 0 Å². The average molecular weight is 284 g/mol. The van der Waals surface area contributed by atoms with Gasteiger partial charge in [0, 0.05) is 16.9 Å². The second kappa shape index (κ2) is 4.87. The zero-order valence-electron chi connectivity index (χ0n) is 11.3. The number of ketones is 1. The number of benzene rings is 2. The Morgan fingerprint density at radius 2 is 1.90 bits per heavy atom. The lowest BCUT2D eigenvalue weighted by atomic mass is 9.94. The van der Waals surface area contributed by atoms with E-state index in [9.17, 15) is 9.90 Å². The number of nitrogen functional groups attached to an aromatic ring is 2. The summed E-state index contributed by atoms with van der Waals surface area (Å²) < 4.78 is 0. The molecule has 1 aliphatic rings. The third-order valence-electron chi connectivity index (χ3n) is 3.85. The number of carbonyl (C=O) groups excluding carboxylic acids is 1. The molecule has 5 heteroatoms. The first kappa shape index (κ1) is 13.6. The summed E-state index contributed by atoms with van der Waals surface area (Å²) in [5, 5.41) is 18.6. The molecule has 108 valence electrons. The Morgan fingerprint density at radius 1 is 1.19 bits per heavy atom. The zero-order valence-corrected chi connectivity index (χ0v) is 11.3. The van der Waals surface area contributed by atoms with Crippen LogP contribution < -0.4 is 11.5 Å². The molecule has 3 rings (SSSR count). The van der Waals surface area contributed by atoms with Gasteiger partial charge in [-0.25, -0.2) is 0 Å². The van der Waals surface area contributed by atoms with Gasteiger partial charge in [0.25, 0.3) is 0 Å². The van der Waals surface area contributed by atoms with Crippen LogP contribution in [0.5, 0.6) is 0 Å². The molecule has 0 aliphatic heterocycles. The van der Waals surface area contributed by atoms with Crippen LogP contribution in [0, 0.1) is 0 Å². The van der Waals surface area contributed by atoms with Crippen molar-refractivity contribution in [2.24, 2.45) is 0 Å². The van der Waals surface area contributed by atoms with Crippen LogP contribution in [0.2, 0.25) is 0 Å². The summed E-state index contributed by atoms with van der Waals surface area (Å²) in [5.41, 5.74) is 16.7. The van der Waals surface area contributed by atoms with E-state index in [1.165, 1.54) is 0 Å². The van der Waals surface area contributed by atoms with Crippen molar-refractivity contribution in [1.82, 2.24) is 0 Å². The van der Waals surface area contributed by atoms with E-state index in [1.54, 1.807) is 6.07 Å². The molecule has 0 heterocycles. The first-order chi connectivity index (χ1) is 10.0. The maximum Gasteiger partial charge on any atom is 0.196 e. The number of hydrogen-bond acceptors (Lipinski definition) is 5. The Morgan fingerprint density at radius 3 is 2.62 bits per heavy atom. The molecule has 0 saturated heterocycles. The normalized spacial score (nSPS) is 13.6. The maximum absolute atomic E-state index is 12.3. The minimum Gasteiger partial charge on any atom is -0.399 e. The van der Waals surface area contributed by atoms with Crippen molar-refractivity contribution in [3.8, 4) is 11.1 Å². The van der Waals surface area contributed by atoms with Crippen molar-refractivity contribution in [3.63, 3.8) is 0 Å². The van der Waals surface area contributed by atoms with Crippen molar-refractivity contribution in [3.05, 3.63) is 47.0 Å². The fraction of sp³-hybridized carbons (Fsp3) is 0.188. The summed E-state index contributed by atoms with van der Waals surface area (Å²) in [6.45, 7) is -0.623. The van der Waals surface area contributed by atoms with Gasteiger partial charge < -0.3 is 21.7 Å². The minimum absolute atomic E-state index is 0.295. The molecular formula is C16H16N2O3. The maximum atomic E-state index is 12.3. The number of carbonyl (C=O) groups is 1. The molecule has 0 spiro atoms. The smallest absolute Gasteiger partial charge is 0.196 e. The summed E-state index contributed by atoms with van der Waals surface area (Å²) in [5.74, 6) is -0.548. The van der Waals surface area contributed by atoms with Crippen LogP contribution in [0.1, 0.15) is 21.5 Å². The number of nitrogens with two attached hydrogens (primary N) is 2. The lowest BCUT2D eigenvalue weighted by Crippen LogP contribution is -2.26. The molecule has 5 nitrogen and oxygen atoms in total. The highest BCUT2D eigenvalue weighted by Crippen LogP contribution is 2.41.